The molecule has 0 saturated carbocycles. The van der Waals surface area contributed by atoms with Crippen molar-refractivity contribution in [1.82, 2.24) is 0 Å². The topological polar surface area (TPSA) is 63.7 Å². The fourth-order valence-corrected chi connectivity index (χ4v) is 4.61. The lowest BCUT2D eigenvalue weighted by Gasteiger charge is -2.30. The Morgan fingerprint density at radius 2 is 1.84 bits per heavy atom. The summed E-state index contributed by atoms with van der Waals surface area (Å²) in [5.41, 5.74) is 1.40. The number of para-hydroxylation sites is 1. The number of carbonyl (C=O) groups is 1. The van der Waals surface area contributed by atoms with Crippen molar-refractivity contribution in [2.45, 2.75) is 11.8 Å². The van der Waals surface area contributed by atoms with Crippen LogP contribution in [0.4, 0.5) is 5.69 Å². The zero-order valence-corrected chi connectivity index (χ0v) is 15.0. The van der Waals surface area contributed by atoms with Gasteiger partial charge >= 0.3 is 5.97 Å². The molecule has 5 nitrogen and oxygen atoms in total. The van der Waals surface area contributed by atoms with Gasteiger partial charge in [0.15, 0.2) is 0 Å². The van der Waals surface area contributed by atoms with Crippen LogP contribution in [0.2, 0.25) is 5.02 Å². The van der Waals surface area contributed by atoms with E-state index in [9.17, 15) is 13.2 Å². The average Bonchev–Trinajstić information content (AvgIpc) is 2.61. The van der Waals surface area contributed by atoms with Crippen LogP contribution < -0.4 is 4.31 Å². The molecule has 1 aliphatic rings. The molecule has 0 N–H and O–H groups in total. The van der Waals surface area contributed by atoms with Crippen molar-refractivity contribution in [3.05, 3.63) is 64.7 Å². The Labute approximate surface area is 151 Å². The minimum absolute atomic E-state index is 0.00317. The second-order valence-electron chi connectivity index (χ2n) is 5.39. The van der Waals surface area contributed by atoms with Gasteiger partial charge in [-0.05, 0) is 36.8 Å². The fraction of sp³-hybridized carbons (Fsp3) is 0.167. The summed E-state index contributed by atoms with van der Waals surface area (Å²) in [7, 11) is -3.93. The average molecular weight is 378 g/mol. The first-order valence-corrected chi connectivity index (χ1v) is 9.51. The molecular weight excluding hydrogens is 362 g/mol. The monoisotopic (exact) mass is 377 g/mol. The molecule has 0 saturated heterocycles. The Hall–Kier alpha value is -2.31. The van der Waals surface area contributed by atoms with Crippen LogP contribution in [0, 0.1) is 0 Å². The molecule has 25 heavy (non-hydrogen) atoms. The number of anilines is 1. The van der Waals surface area contributed by atoms with Gasteiger partial charge < -0.3 is 4.74 Å². The van der Waals surface area contributed by atoms with E-state index >= 15 is 0 Å². The number of halogens is 1. The Morgan fingerprint density at radius 3 is 2.56 bits per heavy atom. The van der Waals surface area contributed by atoms with Crippen LogP contribution >= 0.6 is 11.6 Å². The zero-order chi connectivity index (χ0) is 18.0. The van der Waals surface area contributed by atoms with Gasteiger partial charge in [0, 0.05) is 0 Å². The third-order valence-electron chi connectivity index (χ3n) is 3.79. The minimum atomic E-state index is -3.93. The lowest BCUT2D eigenvalue weighted by molar-refractivity contribution is -0.138. The van der Waals surface area contributed by atoms with E-state index < -0.39 is 16.0 Å². The first-order valence-electron chi connectivity index (χ1n) is 7.69. The number of benzene rings is 2. The third kappa shape index (κ3) is 3.27. The number of esters is 1. The van der Waals surface area contributed by atoms with E-state index in [1.54, 1.807) is 49.4 Å². The Morgan fingerprint density at radius 1 is 1.16 bits per heavy atom. The number of hydrogen-bond acceptors (Lipinski definition) is 4. The van der Waals surface area contributed by atoms with Crippen molar-refractivity contribution in [3.63, 3.8) is 0 Å². The van der Waals surface area contributed by atoms with E-state index in [2.05, 4.69) is 0 Å². The lowest BCUT2D eigenvalue weighted by Crippen LogP contribution is -2.37. The van der Waals surface area contributed by atoms with Crippen LogP contribution in [0.1, 0.15) is 12.5 Å². The van der Waals surface area contributed by atoms with Crippen molar-refractivity contribution < 1.29 is 17.9 Å². The van der Waals surface area contributed by atoms with Crippen LogP contribution in [0.3, 0.4) is 0 Å². The summed E-state index contributed by atoms with van der Waals surface area (Å²) in [4.78, 5) is 12.1. The summed E-state index contributed by atoms with van der Waals surface area (Å²) in [5.74, 6) is -0.531. The maximum Gasteiger partial charge on any atom is 0.335 e. The molecule has 0 aromatic heterocycles. The van der Waals surface area contributed by atoms with Gasteiger partial charge in [-0.2, -0.15) is 0 Å². The molecule has 0 aliphatic carbocycles. The Balaban J connectivity index is 2.12. The molecule has 2 aromatic rings. The van der Waals surface area contributed by atoms with Crippen molar-refractivity contribution in [1.29, 1.82) is 0 Å². The molecule has 0 bridgehead atoms. The molecule has 3 rings (SSSR count). The van der Waals surface area contributed by atoms with Crippen molar-refractivity contribution in [2.75, 3.05) is 17.5 Å². The molecule has 1 aliphatic heterocycles. The van der Waals surface area contributed by atoms with E-state index in [0.29, 0.717) is 11.3 Å². The third-order valence-corrected chi connectivity index (χ3v) is 6.05. The maximum atomic E-state index is 13.2. The molecule has 0 spiro atoms. The summed E-state index contributed by atoms with van der Waals surface area (Å²) >= 11 is 6.09. The summed E-state index contributed by atoms with van der Waals surface area (Å²) < 4.78 is 32.5. The molecule has 1 heterocycles. The molecule has 7 heteroatoms. The SMILES string of the molecule is CCOC(=O)C1=Cc2ccccc2N(S(=O)(=O)c2ccccc2Cl)C1. The highest BCUT2D eigenvalue weighted by Crippen LogP contribution is 2.35. The molecule has 0 fully saturated rings. The van der Waals surface area contributed by atoms with Crippen molar-refractivity contribution in [3.8, 4) is 0 Å². The number of sulfonamides is 1. The van der Waals surface area contributed by atoms with Gasteiger partial charge in [0.25, 0.3) is 10.0 Å². The molecule has 0 amide bonds. The second kappa shape index (κ2) is 6.90. The molecule has 130 valence electrons. The standard InChI is InChI=1S/C18H16ClNO4S/c1-2-24-18(21)14-11-13-7-3-5-9-16(13)20(12-14)25(22,23)17-10-6-4-8-15(17)19/h3-11H,2,12H2,1H3. The van der Waals surface area contributed by atoms with E-state index in [4.69, 9.17) is 16.3 Å². The molecule has 0 radical (unpaired) electrons. The highest BCUT2D eigenvalue weighted by atomic mass is 35.5. The normalized spacial score (nSPS) is 13.8. The summed E-state index contributed by atoms with van der Waals surface area (Å²) in [6.07, 6.45) is 1.66. The number of rotatable bonds is 4. The minimum Gasteiger partial charge on any atom is -0.463 e. The molecule has 2 aromatic carbocycles. The summed E-state index contributed by atoms with van der Waals surface area (Å²) in [5, 5.41) is 0.132. The smallest absolute Gasteiger partial charge is 0.335 e. The van der Waals surface area contributed by atoms with Gasteiger partial charge in [-0.1, -0.05) is 41.9 Å². The Bertz CT molecular complexity index is 953. The van der Waals surface area contributed by atoms with Crippen LogP contribution in [0.25, 0.3) is 6.08 Å². The van der Waals surface area contributed by atoms with Crippen molar-refractivity contribution >= 4 is 39.4 Å². The van der Waals surface area contributed by atoms with Crippen molar-refractivity contribution in [2.24, 2.45) is 0 Å². The van der Waals surface area contributed by atoms with E-state index in [-0.39, 0.29) is 28.6 Å². The second-order valence-corrected chi connectivity index (χ2v) is 7.63. The quantitative estimate of drug-likeness (QED) is 0.765. The zero-order valence-electron chi connectivity index (χ0n) is 13.5. The van der Waals surface area contributed by atoms with E-state index in [0.717, 1.165) is 0 Å². The van der Waals surface area contributed by atoms with Crippen LogP contribution in [0.5, 0.6) is 0 Å². The predicted molar refractivity (Wildman–Crippen MR) is 97.0 cm³/mol. The molecule has 0 unspecified atom stereocenters. The lowest BCUT2D eigenvalue weighted by atomic mass is 10.0. The van der Waals surface area contributed by atoms with Crippen LogP contribution in [-0.4, -0.2) is 27.5 Å². The van der Waals surface area contributed by atoms with Gasteiger partial charge in [0.05, 0.1) is 29.4 Å². The molecule has 0 atom stereocenters. The Kier molecular flexibility index (Phi) is 4.83. The highest BCUT2D eigenvalue weighted by molar-refractivity contribution is 7.93. The number of hydrogen-bond donors (Lipinski definition) is 0. The van der Waals surface area contributed by atoms with E-state index in [1.165, 1.54) is 16.4 Å². The van der Waals surface area contributed by atoms with Gasteiger partial charge in [0.1, 0.15) is 4.90 Å². The number of nitrogens with zero attached hydrogens (tertiary/aromatic N) is 1. The number of ether oxygens (including phenoxy) is 1. The fourth-order valence-electron chi connectivity index (χ4n) is 2.64. The number of fused-ring (bicyclic) bond motifs is 1. The summed E-state index contributed by atoms with van der Waals surface area (Å²) in [6.45, 7) is 1.81. The highest BCUT2D eigenvalue weighted by Gasteiger charge is 2.33. The van der Waals surface area contributed by atoms with Crippen LogP contribution in [0.15, 0.2) is 59.0 Å². The largest absolute Gasteiger partial charge is 0.463 e. The van der Waals surface area contributed by atoms with Gasteiger partial charge in [-0.25, -0.2) is 13.2 Å². The van der Waals surface area contributed by atoms with Gasteiger partial charge in [-0.3, -0.25) is 4.31 Å². The molecular formula is C18H16ClNO4S. The first-order chi connectivity index (χ1) is 11.9. The van der Waals surface area contributed by atoms with E-state index in [1.807, 2.05) is 0 Å². The van der Waals surface area contributed by atoms with Gasteiger partial charge in [0.2, 0.25) is 0 Å². The predicted octanol–water partition coefficient (Wildman–Crippen LogP) is 3.50. The maximum absolute atomic E-state index is 13.2. The van der Waals surface area contributed by atoms with Crippen LogP contribution in [-0.2, 0) is 19.6 Å². The number of carbonyl (C=O) groups excluding carboxylic acids is 1. The summed E-state index contributed by atoms with van der Waals surface area (Å²) in [6, 6.07) is 13.2. The van der Waals surface area contributed by atoms with Gasteiger partial charge in [-0.15, -0.1) is 0 Å². The first kappa shape index (κ1) is 17.5.